The van der Waals surface area contributed by atoms with Crippen LogP contribution in [0.2, 0.25) is 0 Å². The van der Waals surface area contributed by atoms with Crippen LogP contribution in [0.5, 0.6) is 0 Å². The lowest BCUT2D eigenvalue weighted by molar-refractivity contribution is -0.126. The maximum Gasteiger partial charge on any atom is 0.317 e. The van der Waals surface area contributed by atoms with Gasteiger partial charge in [0.15, 0.2) is 0 Å². The molecule has 1 heterocycles. The minimum Gasteiger partial charge on any atom is -0.396 e. The molecule has 7 nitrogen and oxygen atoms in total. The first kappa shape index (κ1) is 20.7. The van der Waals surface area contributed by atoms with E-state index < -0.39 is 0 Å². The van der Waals surface area contributed by atoms with Gasteiger partial charge in [-0.05, 0) is 31.1 Å². The summed E-state index contributed by atoms with van der Waals surface area (Å²) in [6, 6.07) is -0.0601. The van der Waals surface area contributed by atoms with Gasteiger partial charge < -0.3 is 25.4 Å². The number of nitrogens with zero attached hydrogens (tertiary/aromatic N) is 1. The van der Waals surface area contributed by atoms with Gasteiger partial charge in [0.1, 0.15) is 0 Å². The highest BCUT2D eigenvalue weighted by molar-refractivity contribution is 5.79. The summed E-state index contributed by atoms with van der Waals surface area (Å²) in [6.07, 6.45) is 3.11. The van der Waals surface area contributed by atoms with Gasteiger partial charge in [0.25, 0.3) is 0 Å². The van der Waals surface area contributed by atoms with Gasteiger partial charge in [-0.3, -0.25) is 4.79 Å². The highest BCUT2D eigenvalue weighted by atomic mass is 16.5. The summed E-state index contributed by atoms with van der Waals surface area (Å²) in [7, 11) is 1.61. The van der Waals surface area contributed by atoms with Crippen LogP contribution in [-0.2, 0) is 9.53 Å². The van der Waals surface area contributed by atoms with Gasteiger partial charge in [-0.15, -0.1) is 0 Å². The second-order valence-electron chi connectivity index (χ2n) is 7.20. The first-order valence-corrected chi connectivity index (χ1v) is 8.80. The molecule has 0 aromatic heterocycles. The van der Waals surface area contributed by atoms with E-state index in [4.69, 9.17) is 4.74 Å². The van der Waals surface area contributed by atoms with E-state index in [2.05, 4.69) is 10.6 Å². The van der Waals surface area contributed by atoms with E-state index in [9.17, 15) is 14.7 Å². The van der Waals surface area contributed by atoms with Crippen LogP contribution in [0, 0.1) is 11.3 Å². The summed E-state index contributed by atoms with van der Waals surface area (Å²) in [5.41, 5.74) is -0.0980. The Morgan fingerprint density at radius 3 is 2.46 bits per heavy atom. The summed E-state index contributed by atoms with van der Waals surface area (Å²) in [5, 5.41) is 15.0. The zero-order chi connectivity index (χ0) is 18.0. The third-order valence-electron chi connectivity index (χ3n) is 4.49. The summed E-state index contributed by atoms with van der Waals surface area (Å²) >= 11 is 0. The highest BCUT2D eigenvalue weighted by Gasteiger charge is 2.27. The third kappa shape index (κ3) is 7.49. The Morgan fingerprint density at radius 2 is 1.88 bits per heavy atom. The van der Waals surface area contributed by atoms with E-state index in [1.54, 1.807) is 12.0 Å². The lowest BCUT2D eigenvalue weighted by Gasteiger charge is -2.31. The number of piperidine rings is 1. The predicted octanol–water partition coefficient (Wildman–Crippen LogP) is 0.969. The fraction of sp³-hybridized carbons (Fsp3) is 0.882. The Hall–Kier alpha value is -1.34. The molecule has 1 rings (SSSR count). The normalized spacial score (nSPS) is 16.1. The molecule has 0 bridgehead atoms. The van der Waals surface area contributed by atoms with E-state index in [-0.39, 0.29) is 29.9 Å². The number of aliphatic hydroxyl groups excluding tert-OH is 1. The average molecular weight is 343 g/mol. The van der Waals surface area contributed by atoms with E-state index in [0.29, 0.717) is 45.6 Å². The Kier molecular flexibility index (Phi) is 9.07. The average Bonchev–Trinajstić information content (AvgIpc) is 2.59. The molecule has 1 aliphatic rings. The molecule has 0 atom stereocenters. The van der Waals surface area contributed by atoms with Crippen molar-refractivity contribution in [1.29, 1.82) is 0 Å². The number of aliphatic hydroxyl groups is 1. The summed E-state index contributed by atoms with van der Waals surface area (Å²) in [4.78, 5) is 25.9. The van der Waals surface area contributed by atoms with E-state index in [1.807, 2.05) is 13.8 Å². The molecule has 0 spiro atoms. The minimum atomic E-state index is -0.0980. The van der Waals surface area contributed by atoms with Crippen molar-refractivity contribution in [2.45, 2.75) is 39.5 Å². The third-order valence-corrected chi connectivity index (χ3v) is 4.49. The molecule has 3 N–H and O–H groups in total. The fourth-order valence-electron chi connectivity index (χ4n) is 2.72. The zero-order valence-electron chi connectivity index (χ0n) is 15.3. The number of amides is 3. The number of hydrogen-bond acceptors (Lipinski definition) is 4. The van der Waals surface area contributed by atoms with Crippen molar-refractivity contribution in [2.24, 2.45) is 11.3 Å². The van der Waals surface area contributed by atoms with Gasteiger partial charge in [0.2, 0.25) is 5.91 Å². The van der Waals surface area contributed by atoms with Crippen LogP contribution in [0.25, 0.3) is 0 Å². The summed E-state index contributed by atoms with van der Waals surface area (Å²) in [5.74, 6) is 0.0367. The molecule has 7 heteroatoms. The first-order chi connectivity index (χ1) is 11.4. The largest absolute Gasteiger partial charge is 0.396 e. The molecule has 0 unspecified atom stereocenters. The van der Waals surface area contributed by atoms with Gasteiger partial charge in [-0.2, -0.15) is 0 Å². The molecule has 1 fully saturated rings. The number of likely N-dealkylation sites (tertiary alicyclic amines) is 1. The molecule has 0 aromatic carbocycles. The molecule has 0 saturated carbocycles. The SMILES string of the molecule is COCCNC(=O)C1CCN(C(=O)NCCCC(C)(C)CO)CC1. The van der Waals surface area contributed by atoms with Crippen molar-refractivity contribution in [3.05, 3.63) is 0 Å². The molecule has 24 heavy (non-hydrogen) atoms. The Morgan fingerprint density at radius 1 is 1.21 bits per heavy atom. The van der Waals surface area contributed by atoms with Crippen LogP contribution in [0.1, 0.15) is 39.5 Å². The molecular weight excluding hydrogens is 310 g/mol. The topological polar surface area (TPSA) is 90.9 Å². The Bertz CT molecular complexity index is 393. The molecule has 1 aliphatic heterocycles. The van der Waals surface area contributed by atoms with Crippen molar-refractivity contribution >= 4 is 11.9 Å². The zero-order valence-corrected chi connectivity index (χ0v) is 15.3. The van der Waals surface area contributed by atoms with Crippen molar-refractivity contribution < 1.29 is 19.4 Å². The van der Waals surface area contributed by atoms with Crippen molar-refractivity contribution in [3.63, 3.8) is 0 Å². The summed E-state index contributed by atoms with van der Waals surface area (Å²) < 4.78 is 4.91. The number of rotatable bonds is 9. The predicted molar refractivity (Wildman–Crippen MR) is 92.7 cm³/mol. The van der Waals surface area contributed by atoms with E-state index in [1.165, 1.54) is 0 Å². The fourth-order valence-corrected chi connectivity index (χ4v) is 2.72. The quantitative estimate of drug-likeness (QED) is 0.544. The standard InChI is InChI=1S/C17H33N3O4/c1-17(2,13-21)7-4-8-19-16(23)20-10-5-14(6-11-20)15(22)18-9-12-24-3/h14,21H,4-13H2,1-3H3,(H,18,22)(H,19,23). The second kappa shape index (κ2) is 10.5. The van der Waals surface area contributed by atoms with Crippen molar-refractivity contribution in [1.82, 2.24) is 15.5 Å². The Balaban J connectivity index is 2.20. The van der Waals surface area contributed by atoms with Gasteiger partial charge >= 0.3 is 6.03 Å². The van der Waals surface area contributed by atoms with Crippen molar-refractivity contribution in [2.75, 3.05) is 46.5 Å². The maximum atomic E-state index is 12.1. The van der Waals surface area contributed by atoms with Crippen LogP contribution in [0.4, 0.5) is 4.79 Å². The van der Waals surface area contributed by atoms with Crippen LogP contribution in [0.15, 0.2) is 0 Å². The van der Waals surface area contributed by atoms with Gasteiger partial charge in [0.05, 0.1) is 6.61 Å². The first-order valence-electron chi connectivity index (χ1n) is 8.80. The highest BCUT2D eigenvalue weighted by Crippen LogP contribution is 2.20. The number of methoxy groups -OCH3 is 1. The van der Waals surface area contributed by atoms with Crippen LogP contribution < -0.4 is 10.6 Å². The maximum absolute atomic E-state index is 12.1. The number of hydrogen-bond donors (Lipinski definition) is 3. The number of ether oxygens (including phenoxy) is 1. The lowest BCUT2D eigenvalue weighted by Crippen LogP contribution is -2.47. The number of carbonyl (C=O) groups is 2. The van der Waals surface area contributed by atoms with Gasteiger partial charge in [0, 0.05) is 45.8 Å². The Labute approximate surface area is 145 Å². The number of carbonyl (C=O) groups excluding carboxylic acids is 2. The molecule has 140 valence electrons. The molecule has 0 aromatic rings. The molecule has 0 aliphatic carbocycles. The number of nitrogens with one attached hydrogen (secondary N) is 2. The van der Waals surface area contributed by atoms with Crippen molar-refractivity contribution in [3.8, 4) is 0 Å². The molecule has 1 saturated heterocycles. The van der Waals surface area contributed by atoms with E-state index >= 15 is 0 Å². The van der Waals surface area contributed by atoms with Crippen LogP contribution >= 0.6 is 0 Å². The van der Waals surface area contributed by atoms with Crippen LogP contribution in [0.3, 0.4) is 0 Å². The van der Waals surface area contributed by atoms with E-state index in [0.717, 1.165) is 12.8 Å². The molecular formula is C17H33N3O4. The van der Waals surface area contributed by atoms with Gasteiger partial charge in [-0.25, -0.2) is 4.79 Å². The summed E-state index contributed by atoms with van der Waals surface area (Å²) in [6.45, 7) is 7.04. The smallest absolute Gasteiger partial charge is 0.317 e. The monoisotopic (exact) mass is 343 g/mol. The lowest BCUT2D eigenvalue weighted by atomic mass is 9.89. The van der Waals surface area contributed by atoms with Gasteiger partial charge in [-0.1, -0.05) is 13.8 Å². The second-order valence-corrected chi connectivity index (χ2v) is 7.20. The number of urea groups is 1. The minimum absolute atomic E-state index is 0.0174. The molecule has 3 amide bonds. The van der Waals surface area contributed by atoms with Crippen LogP contribution in [-0.4, -0.2) is 68.4 Å². The molecule has 0 radical (unpaired) electrons.